The third kappa shape index (κ3) is 2.32. The maximum atomic E-state index is 5.62. The topological polar surface area (TPSA) is 54.7 Å². The first-order chi connectivity index (χ1) is 5.77. The second-order valence-corrected chi connectivity index (χ2v) is 3.69. The molecule has 0 bridgehead atoms. The minimum atomic E-state index is 0.376. The molecule has 1 heterocycles. The molecule has 4 heteroatoms. The number of nitrogens with zero attached hydrogens (tertiary/aromatic N) is 1. The summed E-state index contributed by atoms with van der Waals surface area (Å²) < 4.78 is 0.923. The van der Waals surface area contributed by atoms with Crippen LogP contribution in [0.25, 0.3) is 0 Å². The van der Waals surface area contributed by atoms with Gasteiger partial charge in [-0.1, -0.05) is 13.3 Å². The van der Waals surface area contributed by atoms with Crippen molar-refractivity contribution in [2.45, 2.75) is 25.7 Å². The smallest absolute Gasteiger partial charge is 0.111 e. The molecular formula is C8H14BrN3. The molecule has 0 aliphatic heterocycles. The predicted molar refractivity (Wildman–Crippen MR) is 53.0 cm³/mol. The minimum Gasteiger partial charge on any atom is -0.336 e. The molecule has 1 unspecified atom stereocenters. The van der Waals surface area contributed by atoms with Crippen LogP contribution in [0.1, 0.15) is 31.5 Å². The second-order valence-electron chi connectivity index (χ2n) is 2.84. The van der Waals surface area contributed by atoms with Gasteiger partial charge >= 0.3 is 0 Å². The number of rotatable bonds is 4. The first kappa shape index (κ1) is 9.74. The number of nitrogens with two attached hydrogens (primary N) is 1. The van der Waals surface area contributed by atoms with E-state index in [9.17, 15) is 0 Å². The van der Waals surface area contributed by atoms with Gasteiger partial charge in [-0.15, -0.1) is 0 Å². The quantitative estimate of drug-likeness (QED) is 0.834. The molecule has 1 aromatic rings. The number of hydrogen-bond acceptors (Lipinski definition) is 2. The van der Waals surface area contributed by atoms with Crippen molar-refractivity contribution in [1.29, 1.82) is 0 Å². The second kappa shape index (κ2) is 4.62. The zero-order chi connectivity index (χ0) is 8.97. The molecule has 1 rings (SSSR count). The summed E-state index contributed by atoms with van der Waals surface area (Å²) in [5.74, 6) is 1.37. The Morgan fingerprint density at radius 2 is 2.50 bits per heavy atom. The SMILES string of the molecule is CCCC(CN)c1ncc(Br)[nH]1. The van der Waals surface area contributed by atoms with Gasteiger partial charge in [0, 0.05) is 12.5 Å². The van der Waals surface area contributed by atoms with Crippen LogP contribution >= 0.6 is 15.9 Å². The van der Waals surface area contributed by atoms with E-state index in [2.05, 4.69) is 32.8 Å². The van der Waals surface area contributed by atoms with Gasteiger partial charge in [-0.25, -0.2) is 4.98 Å². The standard InChI is InChI=1S/C8H14BrN3/c1-2-3-6(4-10)8-11-5-7(9)12-8/h5-6H,2-4,10H2,1H3,(H,11,12). The van der Waals surface area contributed by atoms with Crippen LogP contribution in [0.4, 0.5) is 0 Å². The molecule has 0 aliphatic rings. The molecule has 0 amide bonds. The molecule has 0 spiro atoms. The Balaban J connectivity index is 2.66. The van der Waals surface area contributed by atoms with E-state index in [1.165, 1.54) is 0 Å². The van der Waals surface area contributed by atoms with Gasteiger partial charge in [-0.2, -0.15) is 0 Å². The molecule has 0 saturated heterocycles. The molecule has 0 fully saturated rings. The molecule has 3 nitrogen and oxygen atoms in total. The fraction of sp³-hybridized carbons (Fsp3) is 0.625. The fourth-order valence-electron chi connectivity index (χ4n) is 1.24. The first-order valence-electron chi connectivity index (χ1n) is 4.18. The third-order valence-electron chi connectivity index (χ3n) is 1.87. The Hall–Kier alpha value is -0.350. The number of aromatic nitrogens is 2. The zero-order valence-electron chi connectivity index (χ0n) is 7.18. The number of aromatic amines is 1. The van der Waals surface area contributed by atoms with Crippen molar-refractivity contribution in [2.24, 2.45) is 5.73 Å². The molecule has 0 radical (unpaired) electrons. The van der Waals surface area contributed by atoms with Gasteiger partial charge in [0.05, 0.1) is 6.20 Å². The normalized spacial score (nSPS) is 13.2. The highest BCUT2D eigenvalue weighted by Crippen LogP contribution is 2.18. The number of hydrogen-bond donors (Lipinski definition) is 2. The van der Waals surface area contributed by atoms with Crippen LogP contribution in [0.2, 0.25) is 0 Å². The molecular weight excluding hydrogens is 218 g/mol. The Labute approximate surface area is 80.9 Å². The van der Waals surface area contributed by atoms with E-state index >= 15 is 0 Å². The summed E-state index contributed by atoms with van der Waals surface area (Å²) in [4.78, 5) is 7.36. The lowest BCUT2D eigenvalue weighted by Crippen LogP contribution is -2.13. The van der Waals surface area contributed by atoms with Gasteiger partial charge in [-0.3, -0.25) is 0 Å². The zero-order valence-corrected chi connectivity index (χ0v) is 8.76. The van der Waals surface area contributed by atoms with Crippen LogP contribution in [-0.4, -0.2) is 16.5 Å². The van der Waals surface area contributed by atoms with E-state index in [4.69, 9.17) is 5.73 Å². The fourth-order valence-corrected chi connectivity index (χ4v) is 1.54. The van der Waals surface area contributed by atoms with Crippen molar-refractivity contribution in [1.82, 2.24) is 9.97 Å². The monoisotopic (exact) mass is 231 g/mol. The van der Waals surface area contributed by atoms with Gasteiger partial charge in [0.1, 0.15) is 10.4 Å². The molecule has 1 aromatic heterocycles. The van der Waals surface area contributed by atoms with Crippen molar-refractivity contribution in [3.8, 4) is 0 Å². The van der Waals surface area contributed by atoms with Crippen molar-refractivity contribution in [3.05, 3.63) is 16.6 Å². The Kier molecular flexibility index (Phi) is 3.75. The summed E-state index contributed by atoms with van der Waals surface area (Å²) in [5.41, 5.74) is 5.62. The van der Waals surface area contributed by atoms with Crippen molar-refractivity contribution in [2.75, 3.05) is 6.54 Å². The average molecular weight is 232 g/mol. The van der Waals surface area contributed by atoms with Gasteiger partial charge in [0.2, 0.25) is 0 Å². The summed E-state index contributed by atoms with van der Waals surface area (Å²) in [6, 6.07) is 0. The van der Waals surface area contributed by atoms with E-state index < -0.39 is 0 Å². The van der Waals surface area contributed by atoms with Crippen LogP contribution in [0.15, 0.2) is 10.8 Å². The minimum absolute atomic E-state index is 0.376. The van der Waals surface area contributed by atoms with Gasteiger partial charge in [0.15, 0.2) is 0 Å². The first-order valence-corrected chi connectivity index (χ1v) is 4.97. The molecule has 0 aliphatic carbocycles. The van der Waals surface area contributed by atoms with Gasteiger partial charge in [0.25, 0.3) is 0 Å². The predicted octanol–water partition coefficient (Wildman–Crippen LogP) is 2.01. The van der Waals surface area contributed by atoms with E-state index in [0.717, 1.165) is 23.3 Å². The largest absolute Gasteiger partial charge is 0.336 e. The number of nitrogens with one attached hydrogen (secondary N) is 1. The summed E-state index contributed by atoms with van der Waals surface area (Å²) in [5, 5.41) is 0. The summed E-state index contributed by atoms with van der Waals surface area (Å²) in [7, 11) is 0. The summed E-state index contributed by atoms with van der Waals surface area (Å²) in [6.45, 7) is 2.81. The number of halogens is 1. The lowest BCUT2D eigenvalue weighted by atomic mass is 10.0. The Bertz CT molecular complexity index is 234. The third-order valence-corrected chi connectivity index (χ3v) is 2.28. The maximum absolute atomic E-state index is 5.62. The van der Waals surface area contributed by atoms with Crippen LogP contribution in [0, 0.1) is 0 Å². The van der Waals surface area contributed by atoms with Crippen LogP contribution in [-0.2, 0) is 0 Å². The van der Waals surface area contributed by atoms with E-state index in [1.807, 2.05) is 0 Å². The van der Waals surface area contributed by atoms with Crippen LogP contribution in [0.3, 0.4) is 0 Å². The van der Waals surface area contributed by atoms with Crippen LogP contribution < -0.4 is 5.73 Å². The number of H-pyrrole nitrogens is 1. The van der Waals surface area contributed by atoms with Crippen molar-refractivity contribution in [3.63, 3.8) is 0 Å². The average Bonchev–Trinajstić information content (AvgIpc) is 2.47. The lowest BCUT2D eigenvalue weighted by molar-refractivity contribution is 0.594. The summed E-state index contributed by atoms with van der Waals surface area (Å²) in [6.07, 6.45) is 4.00. The van der Waals surface area contributed by atoms with E-state index in [-0.39, 0.29) is 0 Å². The van der Waals surface area contributed by atoms with Crippen molar-refractivity contribution < 1.29 is 0 Å². The van der Waals surface area contributed by atoms with E-state index in [0.29, 0.717) is 12.5 Å². The van der Waals surface area contributed by atoms with Crippen molar-refractivity contribution >= 4 is 15.9 Å². The molecule has 1 atom stereocenters. The molecule has 12 heavy (non-hydrogen) atoms. The van der Waals surface area contributed by atoms with Gasteiger partial charge in [-0.05, 0) is 22.4 Å². The molecule has 0 saturated carbocycles. The molecule has 3 N–H and O–H groups in total. The maximum Gasteiger partial charge on any atom is 0.111 e. The highest BCUT2D eigenvalue weighted by molar-refractivity contribution is 9.10. The number of imidazole rings is 1. The molecule has 68 valence electrons. The lowest BCUT2D eigenvalue weighted by Gasteiger charge is -2.09. The molecule has 0 aromatic carbocycles. The van der Waals surface area contributed by atoms with E-state index in [1.54, 1.807) is 6.20 Å². The Morgan fingerprint density at radius 3 is 2.92 bits per heavy atom. The Morgan fingerprint density at radius 1 is 1.75 bits per heavy atom. The van der Waals surface area contributed by atoms with Gasteiger partial charge < -0.3 is 10.7 Å². The highest BCUT2D eigenvalue weighted by atomic mass is 79.9. The van der Waals surface area contributed by atoms with Crippen LogP contribution in [0.5, 0.6) is 0 Å². The summed E-state index contributed by atoms with van der Waals surface area (Å²) >= 11 is 3.32. The highest BCUT2D eigenvalue weighted by Gasteiger charge is 2.11.